The zero-order valence-electron chi connectivity index (χ0n) is 10.5. The van der Waals surface area contributed by atoms with Crippen LogP contribution in [-0.2, 0) is 11.8 Å². The van der Waals surface area contributed by atoms with Crippen LogP contribution >= 0.6 is 0 Å². The van der Waals surface area contributed by atoms with E-state index in [0.29, 0.717) is 5.95 Å². The maximum atomic E-state index is 12.1. The molecule has 1 amide bonds. The van der Waals surface area contributed by atoms with Gasteiger partial charge >= 0.3 is 0 Å². The average Bonchev–Trinajstić information content (AvgIpc) is 3.00. The minimum absolute atomic E-state index is 0.117. The van der Waals surface area contributed by atoms with Gasteiger partial charge in [0.05, 0.1) is 11.0 Å². The zero-order valence-corrected chi connectivity index (χ0v) is 10.5. The van der Waals surface area contributed by atoms with Gasteiger partial charge in [0, 0.05) is 13.0 Å². The van der Waals surface area contributed by atoms with Crippen molar-refractivity contribution >= 4 is 22.9 Å². The van der Waals surface area contributed by atoms with Crippen LogP contribution in [0.1, 0.15) is 25.7 Å². The highest BCUT2D eigenvalue weighted by Gasteiger charge is 2.23. The van der Waals surface area contributed by atoms with E-state index in [0.717, 1.165) is 23.9 Å². The standard InChI is InChI=1S/C14H17N3O/c1-17-12-9-5-4-8-11(12)15-14(17)16-13(18)10-6-2-3-7-10/h4-5,8-10H,2-3,6-7H2,1H3,(H,15,16,18). The molecule has 1 N–H and O–H groups in total. The van der Waals surface area contributed by atoms with Crippen LogP contribution in [0.2, 0.25) is 0 Å². The number of fused-ring (bicyclic) bond motifs is 1. The van der Waals surface area contributed by atoms with E-state index in [4.69, 9.17) is 0 Å². The van der Waals surface area contributed by atoms with Gasteiger partial charge in [-0.15, -0.1) is 0 Å². The van der Waals surface area contributed by atoms with Crippen LogP contribution in [0.25, 0.3) is 11.0 Å². The summed E-state index contributed by atoms with van der Waals surface area (Å²) in [6, 6.07) is 7.90. The lowest BCUT2D eigenvalue weighted by atomic mass is 10.1. The van der Waals surface area contributed by atoms with Crippen molar-refractivity contribution in [1.29, 1.82) is 0 Å². The summed E-state index contributed by atoms with van der Waals surface area (Å²) in [4.78, 5) is 16.5. The van der Waals surface area contributed by atoms with Crippen LogP contribution in [0.5, 0.6) is 0 Å². The fourth-order valence-corrected chi connectivity index (χ4v) is 2.66. The van der Waals surface area contributed by atoms with Gasteiger partial charge in [0.2, 0.25) is 11.9 Å². The number of nitrogens with zero attached hydrogens (tertiary/aromatic N) is 2. The molecule has 0 aliphatic heterocycles. The summed E-state index contributed by atoms with van der Waals surface area (Å²) < 4.78 is 1.93. The Balaban J connectivity index is 1.86. The number of rotatable bonds is 2. The van der Waals surface area contributed by atoms with Gasteiger partial charge in [0.15, 0.2) is 0 Å². The van der Waals surface area contributed by atoms with E-state index in [-0.39, 0.29) is 11.8 Å². The normalized spacial score (nSPS) is 16.3. The number of nitrogens with one attached hydrogen (secondary N) is 1. The Bertz CT molecular complexity index is 582. The highest BCUT2D eigenvalue weighted by molar-refractivity contribution is 5.93. The van der Waals surface area contributed by atoms with Crippen molar-refractivity contribution in [3.8, 4) is 0 Å². The molecule has 18 heavy (non-hydrogen) atoms. The lowest BCUT2D eigenvalue weighted by Gasteiger charge is -2.09. The van der Waals surface area contributed by atoms with Crippen molar-refractivity contribution in [1.82, 2.24) is 9.55 Å². The van der Waals surface area contributed by atoms with E-state index in [1.54, 1.807) is 0 Å². The highest BCUT2D eigenvalue weighted by Crippen LogP contribution is 2.26. The predicted octanol–water partition coefficient (Wildman–Crippen LogP) is 2.70. The van der Waals surface area contributed by atoms with E-state index in [9.17, 15) is 4.79 Å². The van der Waals surface area contributed by atoms with Crippen molar-refractivity contribution < 1.29 is 4.79 Å². The Hall–Kier alpha value is -1.84. The first-order valence-corrected chi connectivity index (χ1v) is 6.48. The molecule has 0 unspecified atom stereocenters. The Labute approximate surface area is 106 Å². The highest BCUT2D eigenvalue weighted by atomic mass is 16.2. The molecule has 0 bridgehead atoms. The molecule has 1 fully saturated rings. The number of aryl methyl sites for hydroxylation is 1. The largest absolute Gasteiger partial charge is 0.313 e. The second kappa shape index (κ2) is 4.44. The average molecular weight is 243 g/mol. The van der Waals surface area contributed by atoms with E-state index in [1.807, 2.05) is 35.9 Å². The Morgan fingerprint density at radius 2 is 2.06 bits per heavy atom. The molecule has 1 aliphatic carbocycles. The van der Waals surface area contributed by atoms with Crippen LogP contribution in [0.3, 0.4) is 0 Å². The number of carbonyl (C=O) groups excluding carboxylic acids is 1. The predicted molar refractivity (Wildman–Crippen MR) is 71.3 cm³/mol. The number of para-hydroxylation sites is 2. The summed E-state index contributed by atoms with van der Waals surface area (Å²) in [5.74, 6) is 0.934. The van der Waals surface area contributed by atoms with Crippen molar-refractivity contribution in [3.63, 3.8) is 0 Å². The van der Waals surface area contributed by atoms with E-state index in [2.05, 4.69) is 10.3 Å². The van der Waals surface area contributed by atoms with E-state index >= 15 is 0 Å². The fraction of sp³-hybridized carbons (Fsp3) is 0.429. The smallest absolute Gasteiger partial charge is 0.229 e. The number of carbonyl (C=O) groups is 1. The fourth-order valence-electron chi connectivity index (χ4n) is 2.66. The lowest BCUT2D eigenvalue weighted by Crippen LogP contribution is -2.22. The number of benzene rings is 1. The van der Waals surface area contributed by atoms with Crippen LogP contribution in [-0.4, -0.2) is 15.5 Å². The summed E-state index contributed by atoms with van der Waals surface area (Å²) in [5, 5.41) is 2.95. The molecule has 0 saturated heterocycles. The Morgan fingerprint density at radius 1 is 1.33 bits per heavy atom. The third-order valence-corrected chi connectivity index (χ3v) is 3.75. The van der Waals surface area contributed by atoms with Crippen molar-refractivity contribution in [2.75, 3.05) is 5.32 Å². The molecule has 1 saturated carbocycles. The SMILES string of the molecule is Cn1c(NC(=O)C2CCCC2)nc2ccccc21. The van der Waals surface area contributed by atoms with Gasteiger partial charge in [-0.2, -0.15) is 0 Å². The number of anilines is 1. The molecule has 1 aromatic heterocycles. The molecule has 0 atom stereocenters. The first-order chi connectivity index (χ1) is 8.75. The first-order valence-electron chi connectivity index (χ1n) is 6.48. The van der Waals surface area contributed by atoms with Crippen LogP contribution in [0.15, 0.2) is 24.3 Å². The number of amides is 1. The Kier molecular flexibility index (Phi) is 2.78. The van der Waals surface area contributed by atoms with Gasteiger partial charge in [0.25, 0.3) is 0 Å². The van der Waals surface area contributed by atoms with Gasteiger partial charge in [-0.25, -0.2) is 4.98 Å². The van der Waals surface area contributed by atoms with Gasteiger partial charge in [-0.3, -0.25) is 10.1 Å². The first kappa shape index (κ1) is 11.3. The van der Waals surface area contributed by atoms with Gasteiger partial charge in [0.1, 0.15) is 0 Å². The number of hydrogen-bond donors (Lipinski definition) is 1. The van der Waals surface area contributed by atoms with E-state index < -0.39 is 0 Å². The second-order valence-electron chi connectivity index (χ2n) is 4.95. The number of aromatic nitrogens is 2. The third-order valence-electron chi connectivity index (χ3n) is 3.75. The summed E-state index contributed by atoms with van der Waals surface area (Å²) in [6.45, 7) is 0. The summed E-state index contributed by atoms with van der Waals surface area (Å²) in [6.07, 6.45) is 4.35. The quantitative estimate of drug-likeness (QED) is 0.881. The molecule has 2 aromatic rings. The number of hydrogen-bond acceptors (Lipinski definition) is 2. The van der Waals surface area contributed by atoms with E-state index in [1.165, 1.54) is 12.8 Å². The molecular weight excluding hydrogens is 226 g/mol. The molecule has 0 radical (unpaired) electrons. The molecule has 1 aliphatic rings. The summed E-state index contributed by atoms with van der Waals surface area (Å²) in [5.41, 5.74) is 1.96. The van der Waals surface area contributed by atoms with Crippen LogP contribution in [0.4, 0.5) is 5.95 Å². The number of imidazole rings is 1. The van der Waals surface area contributed by atoms with Gasteiger partial charge < -0.3 is 4.57 Å². The maximum absolute atomic E-state index is 12.1. The monoisotopic (exact) mass is 243 g/mol. The molecule has 3 rings (SSSR count). The molecule has 1 aromatic carbocycles. The minimum Gasteiger partial charge on any atom is -0.313 e. The minimum atomic E-state index is 0.117. The third kappa shape index (κ3) is 1.88. The van der Waals surface area contributed by atoms with Crippen LogP contribution in [0, 0.1) is 5.92 Å². The molecule has 4 heteroatoms. The van der Waals surface area contributed by atoms with Gasteiger partial charge in [-0.05, 0) is 25.0 Å². The Morgan fingerprint density at radius 3 is 2.78 bits per heavy atom. The lowest BCUT2D eigenvalue weighted by molar-refractivity contribution is -0.119. The van der Waals surface area contributed by atoms with Crippen LogP contribution < -0.4 is 5.32 Å². The molecular formula is C14H17N3O. The molecule has 0 spiro atoms. The van der Waals surface area contributed by atoms with Crippen molar-refractivity contribution in [3.05, 3.63) is 24.3 Å². The van der Waals surface area contributed by atoms with Gasteiger partial charge in [-0.1, -0.05) is 25.0 Å². The van der Waals surface area contributed by atoms with Crippen molar-refractivity contribution in [2.24, 2.45) is 13.0 Å². The maximum Gasteiger partial charge on any atom is 0.229 e. The second-order valence-corrected chi connectivity index (χ2v) is 4.95. The summed E-state index contributed by atoms with van der Waals surface area (Å²) >= 11 is 0. The molecule has 1 heterocycles. The molecule has 94 valence electrons. The van der Waals surface area contributed by atoms with Crippen molar-refractivity contribution in [2.45, 2.75) is 25.7 Å². The topological polar surface area (TPSA) is 46.9 Å². The summed E-state index contributed by atoms with van der Waals surface area (Å²) in [7, 11) is 1.93. The molecule has 4 nitrogen and oxygen atoms in total. The zero-order chi connectivity index (χ0) is 12.5.